The average Bonchev–Trinajstić information content (AvgIpc) is 3.55. The lowest BCUT2D eigenvalue weighted by Crippen LogP contribution is -2.15. The summed E-state index contributed by atoms with van der Waals surface area (Å²) in [4.78, 5) is 19.9. The van der Waals surface area contributed by atoms with Crippen LogP contribution in [0.5, 0.6) is 0 Å². The number of aromatic nitrogens is 7. The predicted molar refractivity (Wildman–Crippen MR) is 120 cm³/mol. The normalized spacial score (nSPS) is 11.1. The summed E-state index contributed by atoms with van der Waals surface area (Å²) in [5.41, 5.74) is 4.50. The van der Waals surface area contributed by atoms with Gasteiger partial charge >= 0.3 is 0 Å². The Labute approximate surface area is 183 Å². The summed E-state index contributed by atoms with van der Waals surface area (Å²) < 4.78 is 1.81. The molecular weight excluding hydrogens is 404 g/mol. The summed E-state index contributed by atoms with van der Waals surface area (Å²) in [6, 6.07) is 18.7. The molecule has 9 heteroatoms. The quantitative estimate of drug-likeness (QED) is 0.416. The maximum Gasteiger partial charge on any atom is 0.193 e. The minimum Gasteiger partial charge on any atom is -0.329 e. The van der Waals surface area contributed by atoms with E-state index in [2.05, 4.69) is 37.6 Å². The van der Waals surface area contributed by atoms with Crippen molar-refractivity contribution in [3.63, 3.8) is 0 Å². The van der Waals surface area contributed by atoms with Crippen molar-refractivity contribution >= 4 is 22.9 Å². The Bertz CT molecular complexity index is 1390. The summed E-state index contributed by atoms with van der Waals surface area (Å²) in [5, 5.41) is 18.3. The number of H-pyrrole nitrogens is 1. The van der Waals surface area contributed by atoms with E-state index in [4.69, 9.17) is 0 Å². The fraction of sp³-hybridized carbons (Fsp3) is 0.130. The fourth-order valence-electron chi connectivity index (χ4n) is 3.65. The highest BCUT2D eigenvalue weighted by molar-refractivity contribution is 6.12. The van der Waals surface area contributed by atoms with Gasteiger partial charge in [0.25, 0.3) is 0 Å². The van der Waals surface area contributed by atoms with Crippen LogP contribution in [0.1, 0.15) is 28.5 Å². The third-order valence-electron chi connectivity index (χ3n) is 5.39. The summed E-state index contributed by atoms with van der Waals surface area (Å²) in [6.45, 7) is 2.08. The number of nitrogens with one attached hydrogen (secondary N) is 1. The molecule has 0 bridgehead atoms. The van der Waals surface area contributed by atoms with Crippen molar-refractivity contribution in [3.05, 3.63) is 83.7 Å². The lowest BCUT2D eigenvalue weighted by Gasteiger charge is -2.21. The molecule has 5 rings (SSSR count). The Morgan fingerprint density at radius 1 is 1.09 bits per heavy atom. The van der Waals surface area contributed by atoms with E-state index in [9.17, 15) is 4.79 Å². The minimum atomic E-state index is -0.0992. The van der Waals surface area contributed by atoms with Crippen molar-refractivity contribution in [2.45, 2.75) is 13.3 Å². The molecule has 0 aliphatic carbocycles. The van der Waals surface area contributed by atoms with Crippen LogP contribution >= 0.6 is 0 Å². The molecule has 0 aliphatic rings. The van der Waals surface area contributed by atoms with Crippen molar-refractivity contribution in [3.8, 4) is 11.4 Å². The predicted octanol–water partition coefficient (Wildman–Crippen LogP) is 3.47. The van der Waals surface area contributed by atoms with Crippen LogP contribution in [-0.4, -0.2) is 48.1 Å². The van der Waals surface area contributed by atoms with E-state index in [-0.39, 0.29) is 5.78 Å². The van der Waals surface area contributed by atoms with E-state index in [1.54, 1.807) is 16.8 Å². The fourth-order valence-corrected chi connectivity index (χ4v) is 3.65. The Morgan fingerprint density at radius 3 is 2.66 bits per heavy atom. The maximum atomic E-state index is 13.2. The molecule has 5 aromatic rings. The van der Waals surface area contributed by atoms with Gasteiger partial charge in [-0.2, -0.15) is 9.61 Å². The standard InChI is InChI=1S/C23H20N8O/c1-3-16-14-21(31-20(25-16)12-13-24-31)30(2)17-10-8-15(9-11-17)22(32)18-6-4-5-7-19(18)23-26-28-29-27-23/h4-14H,3H2,1-2H3,(H,26,27,28,29). The molecule has 0 fully saturated rings. The number of carbonyl (C=O) groups is 1. The first-order chi connectivity index (χ1) is 15.7. The first kappa shape index (κ1) is 19.6. The molecule has 0 aliphatic heterocycles. The first-order valence-electron chi connectivity index (χ1n) is 10.2. The molecule has 0 saturated heterocycles. The zero-order valence-electron chi connectivity index (χ0n) is 17.6. The molecule has 158 valence electrons. The molecular formula is C23H20N8O. The second-order valence-electron chi connectivity index (χ2n) is 7.29. The zero-order chi connectivity index (χ0) is 22.1. The Morgan fingerprint density at radius 2 is 1.91 bits per heavy atom. The Balaban J connectivity index is 1.47. The highest BCUT2D eigenvalue weighted by Crippen LogP contribution is 2.27. The van der Waals surface area contributed by atoms with Crippen LogP contribution in [-0.2, 0) is 6.42 Å². The summed E-state index contributed by atoms with van der Waals surface area (Å²) in [7, 11) is 1.97. The number of aryl methyl sites for hydroxylation is 1. The van der Waals surface area contributed by atoms with Crippen LogP contribution in [0.2, 0.25) is 0 Å². The third-order valence-corrected chi connectivity index (χ3v) is 5.39. The molecule has 0 spiro atoms. The molecule has 0 radical (unpaired) electrons. The van der Waals surface area contributed by atoms with Crippen molar-refractivity contribution in [2.75, 3.05) is 11.9 Å². The molecule has 9 nitrogen and oxygen atoms in total. The number of ketones is 1. The number of aromatic amines is 1. The van der Waals surface area contributed by atoms with Gasteiger partial charge in [0.05, 0.1) is 6.20 Å². The van der Waals surface area contributed by atoms with E-state index in [1.165, 1.54) is 0 Å². The van der Waals surface area contributed by atoms with Gasteiger partial charge in [-0.25, -0.2) is 10.1 Å². The summed E-state index contributed by atoms with van der Waals surface area (Å²) >= 11 is 0. The molecule has 2 aromatic carbocycles. The lowest BCUT2D eigenvalue weighted by atomic mass is 9.98. The number of hydrogen-bond acceptors (Lipinski definition) is 7. The lowest BCUT2D eigenvalue weighted by molar-refractivity contribution is 0.103. The van der Waals surface area contributed by atoms with Gasteiger partial charge in [0.15, 0.2) is 17.3 Å². The zero-order valence-corrected chi connectivity index (χ0v) is 17.6. The molecule has 0 saturated carbocycles. The smallest absolute Gasteiger partial charge is 0.193 e. The van der Waals surface area contributed by atoms with Crippen LogP contribution in [0.25, 0.3) is 17.0 Å². The third kappa shape index (κ3) is 3.39. The molecule has 1 N–H and O–H groups in total. The minimum absolute atomic E-state index is 0.0992. The number of anilines is 2. The number of nitrogens with zero attached hydrogens (tertiary/aromatic N) is 7. The number of rotatable bonds is 6. The number of tetrazole rings is 1. The van der Waals surface area contributed by atoms with Gasteiger partial charge in [-0.3, -0.25) is 4.79 Å². The monoisotopic (exact) mass is 424 g/mol. The highest BCUT2D eigenvalue weighted by atomic mass is 16.1. The molecule has 3 aromatic heterocycles. The van der Waals surface area contributed by atoms with E-state index in [0.29, 0.717) is 22.5 Å². The van der Waals surface area contributed by atoms with Crippen molar-refractivity contribution in [1.29, 1.82) is 0 Å². The van der Waals surface area contributed by atoms with Crippen molar-refractivity contribution in [1.82, 2.24) is 35.2 Å². The highest BCUT2D eigenvalue weighted by Gasteiger charge is 2.17. The van der Waals surface area contributed by atoms with E-state index in [0.717, 1.165) is 29.3 Å². The molecule has 0 atom stereocenters. The molecule has 3 heterocycles. The van der Waals surface area contributed by atoms with Crippen LogP contribution in [0, 0.1) is 0 Å². The topological polar surface area (TPSA) is 105 Å². The maximum absolute atomic E-state index is 13.2. The van der Waals surface area contributed by atoms with Gasteiger partial charge in [-0.15, -0.1) is 5.10 Å². The van der Waals surface area contributed by atoms with Crippen molar-refractivity contribution in [2.24, 2.45) is 0 Å². The Hall–Kier alpha value is -4.40. The number of hydrogen-bond donors (Lipinski definition) is 1. The number of fused-ring (bicyclic) bond motifs is 1. The molecule has 32 heavy (non-hydrogen) atoms. The number of carbonyl (C=O) groups excluding carboxylic acids is 1. The SMILES string of the molecule is CCc1cc(N(C)c2ccc(C(=O)c3ccccc3-c3nnn[nH]3)cc2)n2nccc2n1. The van der Waals surface area contributed by atoms with Gasteiger partial charge in [0.2, 0.25) is 0 Å². The van der Waals surface area contributed by atoms with Gasteiger partial charge in [-0.05, 0) is 41.1 Å². The van der Waals surface area contributed by atoms with Gasteiger partial charge in [0, 0.05) is 47.3 Å². The van der Waals surface area contributed by atoms with E-state index < -0.39 is 0 Å². The first-order valence-corrected chi connectivity index (χ1v) is 10.2. The average molecular weight is 424 g/mol. The van der Waals surface area contributed by atoms with Crippen LogP contribution in [0.15, 0.2) is 66.9 Å². The summed E-state index contributed by atoms with van der Waals surface area (Å²) in [6.07, 6.45) is 2.57. The van der Waals surface area contributed by atoms with Gasteiger partial charge in [0.1, 0.15) is 5.82 Å². The second kappa shape index (κ2) is 8.03. The number of benzene rings is 2. The van der Waals surface area contributed by atoms with Crippen molar-refractivity contribution < 1.29 is 4.79 Å². The molecule has 0 unspecified atom stereocenters. The molecule has 0 amide bonds. The van der Waals surface area contributed by atoms with Crippen LogP contribution in [0.3, 0.4) is 0 Å². The van der Waals surface area contributed by atoms with Crippen LogP contribution in [0.4, 0.5) is 11.5 Å². The van der Waals surface area contributed by atoms with E-state index >= 15 is 0 Å². The van der Waals surface area contributed by atoms with Gasteiger partial charge < -0.3 is 4.90 Å². The van der Waals surface area contributed by atoms with Crippen LogP contribution < -0.4 is 4.90 Å². The van der Waals surface area contributed by atoms with Gasteiger partial charge in [-0.1, -0.05) is 31.2 Å². The van der Waals surface area contributed by atoms with E-state index in [1.807, 2.05) is 66.5 Å². The largest absolute Gasteiger partial charge is 0.329 e. The summed E-state index contributed by atoms with van der Waals surface area (Å²) in [5.74, 6) is 1.26. The second-order valence-corrected chi connectivity index (χ2v) is 7.29. The Kier molecular flexibility index (Phi) is 4.91.